The maximum absolute atomic E-state index is 5.39. The van der Waals surface area contributed by atoms with Crippen molar-refractivity contribution in [3.05, 3.63) is 47.3 Å². The molecule has 0 bridgehead atoms. The van der Waals surface area contributed by atoms with Crippen molar-refractivity contribution in [2.45, 2.75) is 39.2 Å². The van der Waals surface area contributed by atoms with E-state index < -0.39 is 0 Å². The number of nitrogens with zero attached hydrogens (tertiary/aromatic N) is 3. The van der Waals surface area contributed by atoms with Crippen molar-refractivity contribution in [3.63, 3.8) is 0 Å². The normalized spacial score (nSPS) is 13.8. The second kappa shape index (κ2) is 9.45. The highest BCUT2D eigenvalue weighted by Gasteiger charge is 2.22. The molecular weight excluding hydrogens is 372 g/mol. The third-order valence-corrected chi connectivity index (χ3v) is 4.41. The minimum atomic E-state index is 0.470. The van der Waals surface area contributed by atoms with Crippen LogP contribution >= 0.6 is 12.2 Å². The van der Waals surface area contributed by atoms with Crippen molar-refractivity contribution in [1.82, 2.24) is 20.6 Å². The molecule has 1 aliphatic rings. The summed E-state index contributed by atoms with van der Waals surface area (Å²) in [6.45, 7) is 4.47. The molecule has 1 fully saturated rings. The van der Waals surface area contributed by atoms with Crippen LogP contribution in [0.25, 0.3) is 0 Å². The summed E-state index contributed by atoms with van der Waals surface area (Å²) in [5.74, 6) is 1.89. The SMILES string of the molecule is COc1ccc(CCN=C(NC(=S)NC2CC2)Nc2nc(C)cc(C)n2)cc1. The molecule has 148 valence electrons. The Labute approximate surface area is 171 Å². The van der Waals surface area contributed by atoms with Gasteiger partial charge in [-0.2, -0.15) is 0 Å². The molecule has 3 rings (SSSR count). The van der Waals surface area contributed by atoms with Gasteiger partial charge in [-0.25, -0.2) is 9.97 Å². The minimum Gasteiger partial charge on any atom is -0.497 e. The van der Waals surface area contributed by atoms with Gasteiger partial charge >= 0.3 is 0 Å². The van der Waals surface area contributed by atoms with Gasteiger partial charge in [0.15, 0.2) is 5.11 Å². The third kappa shape index (κ3) is 6.45. The van der Waals surface area contributed by atoms with Crippen LogP contribution < -0.4 is 20.7 Å². The molecule has 28 heavy (non-hydrogen) atoms. The zero-order valence-corrected chi connectivity index (χ0v) is 17.3. The van der Waals surface area contributed by atoms with E-state index >= 15 is 0 Å². The van der Waals surface area contributed by atoms with Gasteiger partial charge in [0.05, 0.1) is 7.11 Å². The number of benzene rings is 1. The van der Waals surface area contributed by atoms with E-state index in [-0.39, 0.29) is 0 Å². The van der Waals surface area contributed by atoms with Crippen LogP contribution in [0.15, 0.2) is 35.3 Å². The van der Waals surface area contributed by atoms with Crippen molar-refractivity contribution in [2.75, 3.05) is 19.0 Å². The molecule has 1 aromatic carbocycles. The van der Waals surface area contributed by atoms with Gasteiger partial charge in [0, 0.05) is 24.0 Å². The minimum absolute atomic E-state index is 0.470. The fraction of sp³-hybridized carbons (Fsp3) is 0.400. The first-order valence-electron chi connectivity index (χ1n) is 9.36. The molecule has 3 N–H and O–H groups in total. The van der Waals surface area contributed by atoms with Crippen LogP contribution in [0.1, 0.15) is 29.8 Å². The van der Waals surface area contributed by atoms with E-state index in [1.54, 1.807) is 7.11 Å². The Kier molecular flexibility index (Phi) is 6.76. The lowest BCUT2D eigenvalue weighted by molar-refractivity contribution is 0.414. The zero-order chi connectivity index (χ0) is 19.9. The van der Waals surface area contributed by atoms with E-state index in [1.807, 2.05) is 44.2 Å². The topological polar surface area (TPSA) is 83.5 Å². The molecule has 0 amide bonds. The quantitative estimate of drug-likeness (QED) is 0.392. The number of aryl methyl sites for hydroxylation is 2. The Hall–Kier alpha value is -2.74. The molecule has 1 saturated carbocycles. The first-order valence-corrected chi connectivity index (χ1v) is 9.77. The number of thiocarbonyl (C=S) groups is 1. The van der Waals surface area contributed by atoms with E-state index in [9.17, 15) is 0 Å². The van der Waals surface area contributed by atoms with Gasteiger partial charge < -0.3 is 15.4 Å². The van der Waals surface area contributed by atoms with Gasteiger partial charge in [0.2, 0.25) is 11.9 Å². The fourth-order valence-corrected chi connectivity index (χ4v) is 2.91. The molecule has 0 radical (unpaired) electrons. The van der Waals surface area contributed by atoms with Gasteiger partial charge in [-0.15, -0.1) is 0 Å². The van der Waals surface area contributed by atoms with Crippen molar-refractivity contribution >= 4 is 29.2 Å². The summed E-state index contributed by atoms with van der Waals surface area (Å²) in [6, 6.07) is 10.4. The molecule has 1 heterocycles. The number of guanidine groups is 1. The number of anilines is 1. The molecule has 0 spiro atoms. The number of hydrogen-bond donors (Lipinski definition) is 3. The summed E-state index contributed by atoms with van der Waals surface area (Å²) < 4.78 is 5.20. The van der Waals surface area contributed by atoms with Gasteiger partial charge in [0.25, 0.3) is 0 Å². The van der Waals surface area contributed by atoms with Crippen LogP contribution in [0.2, 0.25) is 0 Å². The van der Waals surface area contributed by atoms with Crippen molar-refractivity contribution in [2.24, 2.45) is 4.99 Å². The molecule has 2 aromatic rings. The maximum atomic E-state index is 5.39. The number of ether oxygens (including phenoxy) is 1. The second-order valence-electron chi connectivity index (χ2n) is 6.80. The molecule has 0 atom stereocenters. The lowest BCUT2D eigenvalue weighted by Gasteiger charge is -2.14. The molecule has 8 heteroatoms. The predicted molar refractivity (Wildman–Crippen MR) is 116 cm³/mol. The first kappa shape index (κ1) is 20.0. The van der Waals surface area contributed by atoms with E-state index in [0.717, 1.165) is 36.4 Å². The van der Waals surface area contributed by atoms with Crippen LogP contribution in [0, 0.1) is 13.8 Å². The second-order valence-corrected chi connectivity index (χ2v) is 7.21. The number of rotatable bonds is 6. The van der Waals surface area contributed by atoms with Crippen molar-refractivity contribution in [1.29, 1.82) is 0 Å². The molecule has 0 aliphatic heterocycles. The summed E-state index contributed by atoms with van der Waals surface area (Å²) in [6.07, 6.45) is 3.10. The van der Waals surface area contributed by atoms with Crippen molar-refractivity contribution < 1.29 is 4.74 Å². The van der Waals surface area contributed by atoms with Gasteiger partial charge in [-0.05, 0) is 69.1 Å². The summed E-state index contributed by atoms with van der Waals surface area (Å²) in [5.41, 5.74) is 2.97. The Morgan fingerprint density at radius 3 is 2.46 bits per heavy atom. The summed E-state index contributed by atoms with van der Waals surface area (Å²) in [4.78, 5) is 13.5. The average molecular weight is 399 g/mol. The smallest absolute Gasteiger partial charge is 0.229 e. The molecule has 1 aliphatic carbocycles. The lowest BCUT2D eigenvalue weighted by Crippen LogP contribution is -2.43. The molecule has 7 nitrogen and oxygen atoms in total. The highest BCUT2D eigenvalue weighted by Crippen LogP contribution is 2.18. The number of hydrogen-bond acceptors (Lipinski definition) is 5. The number of nitrogens with one attached hydrogen (secondary N) is 3. The monoisotopic (exact) mass is 398 g/mol. The van der Waals surface area contributed by atoms with Gasteiger partial charge in [0.1, 0.15) is 5.75 Å². The predicted octanol–water partition coefficient (Wildman–Crippen LogP) is 2.74. The van der Waals surface area contributed by atoms with E-state index in [2.05, 4.69) is 30.9 Å². The van der Waals surface area contributed by atoms with Crippen LogP contribution in [0.3, 0.4) is 0 Å². The molecule has 1 aromatic heterocycles. The Morgan fingerprint density at radius 1 is 1.18 bits per heavy atom. The van der Waals surface area contributed by atoms with Gasteiger partial charge in [-0.3, -0.25) is 10.3 Å². The number of aliphatic imine (C=N–C) groups is 1. The Morgan fingerprint density at radius 2 is 1.86 bits per heavy atom. The van der Waals surface area contributed by atoms with E-state index in [1.165, 1.54) is 5.56 Å². The lowest BCUT2D eigenvalue weighted by atomic mass is 10.1. The van der Waals surface area contributed by atoms with E-state index in [4.69, 9.17) is 17.0 Å². The fourth-order valence-electron chi connectivity index (χ4n) is 2.64. The standard InChI is InChI=1S/C20H26N6OS/c1-13-12-14(2)23-19(22-13)25-18(26-20(28)24-16-6-7-16)21-11-10-15-4-8-17(27-3)9-5-15/h4-5,8-9,12,16H,6-7,10-11H2,1-3H3,(H3,21,22,23,24,25,26,28). The Balaban J connectivity index is 1.66. The van der Waals surface area contributed by atoms with Crippen LogP contribution in [0.4, 0.5) is 5.95 Å². The summed E-state index contributed by atoms with van der Waals surface area (Å²) in [7, 11) is 1.66. The first-order chi connectivity index (χ1) is 13.5. The van der Waals surface area contributed by atoms with E-state index in [0.29, 0.717) is 29.6 Å². The van der Waals surface area contributed by atoms with Crippen molar-refractivity contribution in [3.8, 4) is 5.75 Å². The molecular formula is C20H26N6OS. The highest BCUT2D eigenvalue weighted by atomic mass is 32.1. The maximum Gasteiger partial charge on any atom is 0.229 e. The van der Waals surface area contributed by atoms with Gasteiger partial charge in [-0.1, -0.05) is 12.1 Å². The zero-order valence-electron chi connectivity index (χ0n) is 16.5. The van der Waals surface area contributed by atoms with Crippen LogP contribution in [-0.4, -0.2) is 40.7 Å². The average Bonchev–Trinajstić information content (AvgIpc) is 3.45. The summed E-state index contributed by atoms with van der Waals surface area (Å²) >= 11 is 5.39. The molecule has 0 saturated heterocycles. The highest BCUT2D eigenvalue weighted by molar-refractivity contribution is 7.80. The van der Waals surface area contributed by atoms with Crippen LogP contribution in [0.5, 0.6) is 5.75 Å². The number of aromatic nitrogens is 2. The molecule has 0 unspecified atom stereocenters. The number of methoxy groups -OCH3 is 1. The largest absolute Gasteiger partial charge is 0.497 e. The third-order valence-electron chi connectivity index (χ3n) is 4.19. The summed E-state index contributed by atoms with van der Waals surface area (Å²) in [5, 5.41) is 10.1. The van der Waals surface area contributed by atoms with Crippen LogP contribution in [-0.2, 0) is 6.42 Å². The Bertz CT molecular complexity index is 828.